The van der Waals surface area contributed by atoms with Crippen LogP contribution in [0.2, 0.25) is 5.02 Å². The molecule has 1 N–H and O–H groups in total. The van der Waals surface area contributed by atoms with E-state index >= 15 is 0 Å². The minimum Gasteiger partial charge on any atom is -0.381 e. The lowest BCUT2D eigenvalue weighted by Gasteiger charge is -2.12. The Morgan fingerprint density at radius 3 is 1.64 bits per heavy atom. The molecule has 204 valence electrons. The van der Waals surface area contributed by atoms with Crippen LogP contribution in [0.15, 0.2) is 93.9 Å². The zero-order valence-electron chi connectivity index (χ0n) is 19.7. The first-order valence-corrected chi connectivity index (χ1v) is 13.0. The number of benzene rings is 4. The lowest BCUT2D eigenvalue weighted by Crippen LogP contribution is -2.06. The average Bonchev–Trinajstić information content (AvgIpc) is 2.88. The van der Waals surface area contributed by atoms with Gasteiger partial charge >= 0.3 is 12.4 Å². The van der Waals surface area contributed by atoms with Crippen molar-refractivity contribution in [2.24, 2.45) is 0 Å². The minimum atomic E-state index is -4.37. The van der Waals surface area contributed by atoms with Gasteiger partial charge in [-0.2, -0.15) is 26.3 Å². The molecule has 0 spiro atoms. The van der Waals surface area contributed by atoms with Gasteiger partial charge in [0.25, 0.3) is 0 Å². The second-order valence-electron chi connectivity index (χ2n) is 8.09. The first-order valence-electron chi connectivity index (χ1n) is 11.1. The summed E-state index contributed by atoms with van der Waals surface area (Å²) in [4.78, 5) is 10.3. The maximum absolute atomic E-state index is 12.7. The Morgan fingerprint density at radius 2 is 1.18 bits per heavy atom. The van der Waals surface area contributed by atoms with Crippen molar-refractivity contribution in [3.63, 3.8) is 0 Å². The number of hydrogen-bond acceptors (Lipinski definition) is 2. The summed E-state index contributed by atoms with van der Waals surface area (Å²) in [5.41, 5.74) is 2.52. The van der Waals surface area contributed by atoms with Crippen molar-refractivity contribution in [3.8, 4) is 11.1 Å². The molecule has 0 aromatic heterocycles. The summed E-state index contributed by atoms with van der Waals surface area (Å²) in [5.74, 6) is 0. The van der Waals surface area contributed by atoms with E-state index in [4.69, 9.17) is 11.6 Å². The molecule has 2 nitrogen and oxygen atoms in total. The highest BCUT2D eigenvalue weighted by Gasteiger charge is 2.31. The van der Waals surface area contributed by atoms with E-state index < -0.39 is 23.5 Å². The molecule has 0 aliphatic heterocycles. The number of rotatable bonds is 5. The van der Waals surface area contributed by atoms with E-state index in [1.165, 1.54) is 6.07 Å². The lowest BCUT2D eigenvalue weighted by atomic mass is 10.1. The summed E-state index contributed by atoms with van der Waals surface area (Å²) in [6.07, 6.45) is -8.22. The molecule has 4 aromatic carbocycles. The molecule has 11 heteroatoms. The number of alkyl halides is 6. The third-order valence-electron chi connectivity index (χ3n) is 5.38. The van der Waals surface area contributed by atoms with Crippen molar-refractivity contribution in [1.29, 1.82) is 0 Å². The van der Waals surface area contributed by atoms with E-state index in [-0.39, 0.29) is 10.0 Å². The van der Waals surface area contributed by atoms with Crippen LogP contribution in [-0.4, -0.2) is 6.29 Å². The molecular weight excluding hydrogens is 676 g/mol. The van der Waals surface area contributed by atoms with E-state index in [0.29, 0.717) is 22.3 Å². The number of carbonyl (C=O) groups excluding carboxylic acids is 1. The molecular formula is C28H18Br2ClF6NO. The highest BCUT2D eigenvalue weighted by atomic mass is 79.9. The van der Waals surface area contributed by atoms with Gasteiger partial charge in [0.1, 0.15) is 0 Å². The monoisotopic (exact) mass is 691 g/mol. The summed E-state index contributed by atoms with van der Waals surface area (Å²) in [5, 5.41) is 3.90. The van der Waals surface area contributed by atoms with E-state index in [2.05, 4.69) is 37.2 Å². The first kappa shape index (κ1) is 30.7. The molecule has 0 unspecified atom stereocenters. The van der Waals surface area contributed by atoms with Crippen LogP contribution in [0.25, 0.3) is 11.1 Å². The average molecular weight is 694 g/mol. The van der Waals surface area contributed by atoms with E-state index in [1.54, 1.807) is 0 Å². The molecule has 0 saturated carbocycles. The maximum atomic E-state index is 12.7. The highest BCUT2D eigenvalue weighted by molar-refractivity contribution is 9.10. The van der Waals surface area contributed by atoms with Crippen LogP contribution in [0, 0.1) is 0 Å². The zero-order chi connectivity index (χ0) is 28.8. The fourth-order valence-electron chi connectivity index (χ4n) is 3.29. The molecule has 4 aromatic rings. The van der Waals surface area contributed by atoms with Crippen molar-refractivity contribution in [2.75, 3.05) is 5.32 Å². The van der Waals surface area contributed by atoms with Crippen molar-refractivity contribution in [1.82, 2.24) is 0 Å². The van der Waals surface area contributed by atoms with Crippen molar-refractivity contribution in [3.05, 3.63) is 121 Å². The van der Waals surface area contributed by atoms with Crippen molar-refractivity contribution in [2.45, 2.75) is 18.9 Å². The standard InChI is InChI=1S/C20H14BrClF3N.C8H4BrF3O/c21-19-11-16(20(23,24)25)6-1-15(19)12-26-18-9-4-14(5-10-18)13-2-7-17(22)8-3-13;9-7-3-6(8(10,11)12)2-1-5(7)4-13/h1-11,26H,12H2;1-4H. The number of halogens is 9. The molecule has 0 saturated heterocycles. The van der Waals surface area contributed by atoms with Crippen molar-refractivity contribution >= 4 is 55.4 Å². The largest absolute Gasteiger partial charge is 0.416 e. The van der Waals surface area contributed by atoms with Gasteiger partial charge in [-0.05, 0) is 71.3 Å². The first-order chi connectivity index (χ1) is 18.3. The summed E-state index contributed by atoms with van der Waals surface area (Å²) in [6.45, 7) is 0.416. The molecule has 0 radical (unpaired) electrons. The molecule has 0 aliphatic carbocycles. The quantitative estimate of drug-likeness (QED) is 0.167. The van der Waals surface area contributed by atoms with E-state index in [0.717, 1.165) is 52.7 Å². The summed E-state index contributed by atoms with van der Waals surface area (Å²) >= 11 is 12.0. The zero-order valence-corrected chi connectivity index (χ0v) is 23.6. The Hall–Kier alpha value is -2.82. The summed E-state index contributed by atoms with van der Waals surface area (Å²) in [7, 11) is 0. The molecule has 39 heavy (non-hydrogen) atoms. The Labute approximate surface area is 242 Å². The van der Waals surface area contributed by atoms with Gasteiger partial charge in [-0.1, -0.05) is 73.8 Å². The van der Waals surface area contributed by atoms with Crippen LogP contribution >= 0.6 is 43.5 Å². The SMILES string of the molecule is FC(F)(F)c1ccc(CNc2ccc(-c3ccc(Cl)cc3)cc2)c(Br)c1.O=Cc1ccc(C(F)(F)F)cc1Br. The minimum absolute atomic E-state index is 0.150. The lowest BCUT2D eigenvalue weighted by molar-refractivity contribution is -0.138. The van der Waals surface area contributed by atoms with Gasteiger partial charge in [0.05, 0.1) is 11.1 Å². The second-order valence-corrected chi connectivity index (χ2v) is 10.2. The molecule has 0 bridgehead atoms. The summed E-state index contributed by atoms with van der Waals surface area (Å²) < 4.78 is 75.0. The third-order valence-corrected chi connectivity index (χ3v) is 7.06. The third kappa shape index (κ3) is 8.84. The van der Waals surface area contributed by atoms with E-state index in [9.17, 15) is 31.1 Å². The fraction of sp³-hybridized carbons (Fsp3) is 0.107. The van der Waals surface area contributed by atoms with Crippen LogP contribution in [0.5, 0.6) is 0 Å². The normalized spacial score (nSPS) is 11.4. The molecule has 0 atom stereocenters. The van der Waals surface area contributed by atoms with Gasteiger partial charge in [0, 0.05) is 31.8 Å². The predicted octanol–water partition coefficient (Wildman–Crippen LogP) is 10.7. The van der Waals surface area contributed by atoms with Crippen LogP contribution in [0.3, 0.4) is 0 Å². The van der Waals surface area contributed by atoms with Crippen LogP contribution in [0.1, 0.15) is 27.0 Å². The van der Waals surface area contributed by atoms with Gasteiger partial charge in [-0.15, -0.1) is 0 Å². The Kier molecular flexibility index (Phi) is 10.3. The fourth-order valence-corrected chi connectivity index (χ4v) is 4.40. The Balaban J connectivity index is 0.000000272. The molecule has 0 aliphatic rings. The molecule has 0 amide bonds. The number of carbonyl (C=O) groups is 1. The van der Waals surface area contributed by atoms with Crippen LogP contribution < -0.4 is 5.32 Å². The van der Waals surface area contributed by atoms with Gasteiger partial charge in [0.2, 0.25) is 0 Å². The van der Waals surface area contributed by atoms with Gasteiger partial charge < -0.3 is 5.32 Å². The number of nitrogens with one attached hydrogen (secondary N) is 1. The molecule has 4 rings (SSSR count). The second kappa shape index (κ2) is 13.0. The molecule has 0 fully saturated rings. The summed E-state index contributed by atoms with van der Waals surface area (Å²) in [6, 6.07) is 21.9. The Morgan fingerprint density at radius 1 is 0.692 bits per heavy atom. The van der Waals surface area contributed by atoms with E-state index in [1.807, 2.05) is 48.5 Å². The number of anilines is 1. The van der Waals surface area contributed by atoms with Crippen LogP contribution in [-0.2, 0) is 18.9 Å². The highest BCUT2D eigenvalue weighted by Crippen LogP contribution is 2.33. The molecule has 0 heterocycles. The maximum Gasteiger partial charge on any atom is 0.416 e. The van der Waals surface area contributed by atoms with Gasteiger partial charge in [-0.25, -0.2) is 0 Å². The smallest absolute Gasteiger partial charge is 0.381 e. The van der Waals surface area contributed by atoms with Gasteiger partial charge in [-0.3, -0.25) is 4.79 Å². The number of aldehydes is 1. The van der Waals surface area contributed by atoms with Gasteiger partial charge in [0.15, 0.2) is 6.29 Å². The topological polar surface area (TPSA) is 29.1 Å². The van der Waals surface area contributed by atoms with Crippen molar-refractivity contribution < 1.29 is 31.1 Å². The Bertz CT molecular complexity index is 1420. The predicted molar refractivity (Wildman–Crippen MR) is 148 cm³/mol. The van der Waals surface area contributed by atoms with Crippen LogP contribution in [0.4, 0.5) is 32.0 Å². The number of hydrogen-bond donors (Lipinski definition) is 1.